The average Bonchev–Trinajstić information content (AvgIpc) is 2.64. The van der Waals surface area contributed by atoms with Crippen LogP contribution in [-0.2, 0) is 0 Å². The minimum Gasteiger partial charge on any atom is -0.478 e. The Labute approximate surface area is 143 Å². The summed E-state index contributed by atoms with van der Waals surface area (Å²) in [7, 11) is 0. The number of rotatable bonds is 5. The Kier molecular flexibility index (Phi) is 4.66. The number of ketones is 1. The van der Waals surface area contributed by atoms with Gasteiger partial charge < -0.3 is 5.11 Å². The smallest absolute Gasteiger partial charge is 0.335 e. The van der Waals surface area contributed by atoms with E-state index in [9.17, 15) is 19.1 Å². The number of carboxylic acid groups (broad SMARTS) is 1. The lowest BCUT2D eigenvalue weighted by Crippen LogP contribution is -2.18. The van der Waals surface area contributed by atoms with Gasteiger partial charge in [0.15, 0.2) is 5.78 Å². The Balaban J connectivity index is 2.18. The van der Waals surface area contributed by atoms with E-state index in [1.807, 2.05) is 0 Å². The lowest BCUT2D eigenvalue weighted by atomic mass is 9.83. The van der Waals surface area contributed by atoms with Crippen LogP contribution < -0.4 is 0 Å². The highest BCUT2D eigenvalue weighted by Crippen LogP contribution is 2.31. The molecule has 0 saturated carbocycles. The third kappa shape index (κ3) is 3.45. The molecule has 0 fully saturated rings. The standard InChI is InChI=1S/C20H14FNO3/c21-15-7-5-13(6-8-15)18(19(23)14-9-11-22-12-10-14)16-3-1-2-4-17(16)20(24)25/h1-12,18H,(H,24,25). The highest BCUT2D eigenvalue weighted by atomic mass is 19.1. The molecule has 0 radical (unpaired) electrons. The molecule has 4 nitrogen and oxygen atoms in total. The van der Waals surface area contributed by atoms with Crippen LogP contribution in [0.15, 0.2) is 73.1 Å². The summed E-state index contributed by atoms with van der Waals surface area (Å²) in [5.74, 6) is -2.67. The zero-order valence-electron chi connectivity index (χ0n) is 13.1. The lowest BCUT2D eigenvalue weighted by Gasteiger charge is -2.19. The maximum absolute atomic E-state index is 13.3. The van der Waals surface area contributed by atoms with Crippen molar-refractivity contribution in [3.63, 3.8) is 0 Å². The number of nitrogens with zero attached hydrogens (tertiary/aromatic N) is 1. The molecule has 0 bridgehead atoms. The van der Waals surface area contributed by atoms with Gasteiger partial charge in [-0.25, -0.2) is 9.18 Å². The molecule has 5 heteroatoms. The summed E-state index contributed by atoms with van der Waals surface area (Å²) in [6.07, 6.45) is 3.00. The summed E-state index contributed by atoms with van der Waals surface area (Å²) in [5.41, 5.74) is 1.34. The van der Waals surface area contributed by atoms with Crippen molar-refractivity contribution in [3.05, 3.63) is 101 Å². The zero-order valence-corrected chi connectivity index (χ0v) is 13.1. The Morgan fingerprint density at radius 2 is 1.56 bits per heavy atom. The first kappa shape index (κ1) is 16.5. The van der Waals surface area contributed by atoms with Gasteiger partial charge in [0.25, 0.3) is 0 Å². The molecule has 124 valence electrons. The van der Waals surface area contributed by atoms with Crippen LogP contribution in [0.2, 0.25) is 0 Å². The van der Waals surface area contributed by atoms with E-state index in [0.29, 0.717) is 16.7 Å². The number of aromatic carboxylic acids is 1. The summed E-state index contributed by atoms with van der Waals surface area (Å²) in [4.78, 5) is 28.6. The van der Waals surface area contributed by atoms with Gasteiger partial charge in [0.2, 0.25) is 0 Å². The number of aromatic nitrogens is 1. The summed E-state index contributed by atoms with van der Waals surface area (Å²) in [6.45, 7) is 0. The molecule has 0 aliphatic heterocycles. The van der Waals surface area contributed by atoms with Crippen LogP contribution in [0.25, 0.3) is 0 Å². The second-order valence-electron chi connectivity index (χ2n) is 5.48. The minimum absolute atomic E-state index is 0.0410. The van der Waals surface area contributed by atoms with Crippen LogP contribution in [0.3, 0.4) is 0 Å². The van der Waals surface area contributed by atoms with Gasteiger partial charge in [-0.3, -0.25) is 9.78 Å². The van der Waals surface area contributed by atoms with Gasteiger partial charge in [-0.05, 0) is 41.5 Å². The van der Waals surface area contributed by atoms with E-state index in [-0.39, 0.29) is 11.3 Å². The Hall–Kier alpha value is -3.34. The molecule has 1 heterocycles. The van der Waals surface area contributed by atoms with Gasteiger partial charge in [0.05, 0.1) is 11.5 Å². The van der Waals surface area contributed by atoms with Crippen molar-refractivity contribution in [2.24, 2.45) is 0 Å². The second kappa shape index (κ2) is 7.05. The van der Waals surface area contributed by atoms with Crippen molar-refractivity contribution in [3.8, 4) is 0 Å². The number of carbonyl (C=O) groups is 2. The van der Waals surface area contributed by atoms with Gasteiger partial charge >= 0.3 is 5.97 Å². The number of hydrogen-bond acceptors (Lipinski definition) is 3. The minimum atomic E-state index is -1.12. The van der Waals surface area contributed by atoms with Crippen molar-refractivity contribution in [1.29, 1.82) is 0 Å². The molecule has 1 N–H and O–H groups in total. The molecule has 1 unspecified atom stereocenters. The van der Waals surface area contributed by atoms with Crippen LogP contribution >= 0.6 is 0 Å². The van der Waals surface area contributed by atoms with Crippen LogP contribution in [0.1, 0.15) is 37.8 Å². The van der Waals surface area contributed by atoms with Gasteiger partial charge in [-0.2, -0.15) is 0 Å². The first-order chi connectivity index (χ1) is 12.1. The number of carboxylic acids is 1. The number of carbonyl (C=O) groups excluding carboxylic acids is 1. The quantitative estimate of drug-likeness (QED) is 0.717. The van der Waals surface area contributed by atoms with Crippen LogP contribution in [0, 0.1) is 5.82 Å². The van der Waals surface area contributed by atoms with Gasteiger partial charge in [-0.1, -0.05) is 30.3 Å². The highest BCUT2D eigenvalue weighted by Gasteiger charge is 2.27. The molecule has 0 saturated heterocycles. The molecular formula is C20H14FNO3. The van der Waals surface area contributed by atoms with Crippen molar-refractivity contribution in [2.75, 3.05) is 0 Å². The van der Waals surface area contributed by atoms with Gasteiger partial charge in [0.1, 0.15) is 5.82 Å². The predicted molar refractivity (Wildman–Crippen MR) is 90.2 cm³/mol. The fraction of sp³-hybridized carbons (Fsp3) is 0.0500. The molecule has 0 aliphatic rings. The molecule has 1 aromatic heterocycles. The fourth-order valence-corrected chi connectivity index (χ4v) is 2.75. The molecular weight excluding hydrogens is 321 g/mol. The van der Waals surface area contributed by atoms with E-state index < -0.39 is 17.7 Å². The summed E-state index contributed by atoms with van der Waals surface area (Å²) in [5, 5.41) is 9.48. The van der Waals surface area contributed by atoms with Crippen molar-refractivity contribution in [1.82, 2.24) is 4.98 Å². The zero-order chi connectivity index (χ0) is 17.8. The Morgan fingerprint density at radius 1 is 0.920 bits per heavy atom. The SMILES string of the molecule is O=C(O)c1ccccc1C(C(=O)c1ccncc1)c1ccc(F)cc1. The summed E-state index contributed by atoms with van der Waals surface area (Å²) >= 11 is 0. The van der Waals surface area contributed by atoms with E-state index in [0.717, 1.165) is 0 Å². The molecule has 1 atom stereocenters. The predicted octanol–water partition coefficient (Wildman–Crippen LogP) is 3.93. The van der Waals surface area contributed by atoms with Crippen molar-refractivity contribution >= 4 is 11.8 Å². The number of benzene rings is 2. The monoisotopic (exact) mass is 335 g/mol. The third-order valence-corrected chi connectivity index (χ3v) is 3.93. The summed E-state index contributed by atoms with van der Waals surface area (Å²) < 4.78 is 13.3. The van der Waals surface area contributed by atoms with Crippen LogP contribution in [0.4, 0.5) is 4.39 Å². The number of hydrogen-bond donors (Lipinski definition) is 1. The average molecular weight is 335 g/mol. The van der Waals surface area contributed by atoms with E-state index in [1.165, 1.54) is 42.7 Å². The maximum Gasteiger partial charge on any atom is 0.335 e. The number of halogens is 1. The topological polar surface area (TPSA) is 67.3 Å². The third-order valence-electron chi connectivity index (χ3n) is 3.93. The Morgan fingerprint density at radius 3 is 2.20 bits per heavy atom. The van der Waals surface area contributed by atoms with E-state index >= 15 is 0 Å². The Bertz CT molecular complexity index is 908. The van der Waals surface area contributed by atoms with E-state index in [2.05, 4.69) is 4.98 Å². The van der Waals surface area contributed by atoms with Gasteiger partial charge in [-0.15, -0.1) is 0 Å². The van der Waals surface area contributed by atoms with Crippen LogP contribution in [0.5, 0.6) is 0 Å². The molecule has 0 aliphatic carbocycles. The van der Waals surface area contributed by atoms with Crippen LogP contribution in [-0.4, -0.2) is 21.8 Å². The normalized spacial score (nSPS) is 11.7. The molecule has 3 rings (SSSR count). The molecule has 25 heavy (non-hydrogen) atoms. The fourth-order valence-electron chi connectivity index (χ4n) is 2.75. The maximum atomic E-state index is 13.3. The number of Topliss-reactive ketones (excluding diaryl/α,β-unsaturated/α-hetero) is 1. The molecule has 3 aromatic rings. The van der Waals surface area contributed by atoms with Gasteiger partial charge in [0, 0.05) is 18.0 Å². The molecule has 0 amide bonds. The second-order valence-corrected chi connectivity index (χ2v) is 5.48. The molecule has 2 aromatic carbocycles. The van der Waals surface area contributed by atoms with E-state index in [1.54, 1.807) is 30.3 Å². The summed E-state index contributed by atoms with van der Waals surface area (Å²) in [6, 6.07) is 15.0. The molecule has 0 spiro atoms. The number of pyridine rings is 1. The lowest BCUT2D eigenvalue weighted by molar-refractivity contribution is 0.0695. The van der Waals surface area contributed by atoms with Crippen molar-refractivity contribution in [2.45, 2.75) is 5.92 Å². The van der Waals surface area contributed by atoms with Crippen molar-refractivity contribution < 1.29 is 19.1 Å². The van der Waals surface area contributed by atoms with E-state index in [4.69, 9.17) is 0 Å². The first-order valence-electron chi connectivity index (χ1n) is 7.60. The first-order valence-corrected chi connectivity index (χ1v) is 7.60. The largest absolute Gasteiger partial charge is 0.478 e. The highest BCUT2D eigenvalue weighted by molar-refractivity contribution is 6.04.